The lowest BCUT2D eigenvalue weighted by Gasteiger charge is -2.38. The Morgan fingerprint density at radius 2 is 2.23 bits per heavy atom. The van der Waals surface area contributed by atoms with Gasteiger partial charge in [0.1, 0.15) is 0 Å². The van der Waals surface area contributed by atoms with E-state index in [-0.39, 0.29) is 0 Å². The van der Waals surface area contributed by atoms with E-state index in [0.717, 1.165) is 24.5 Å². The van der Waals surface area contributed by atoms with E-state index in [1.165, 1.54) is 13.0 Å². The Kier molecular flexibility index (Phi) is 2.28. The first-order valence-electron chi connectivity index (χ1n) is 5.10. The Balaban J connectivity index is 2.21. The summed E-state index contributed by atoms with van der Waals surface area (Å²) in [6.07, 6.45) is 3.26. The molecule has 3 aliphatic rings. The highest BCUT2D eigenvalue weighted by Gasteiger charge is 2.36. The van der Waals surface area contributed by atoms with Crippen LogP contribution in [0.2, 0.25) is 0 Å². The number of hydrogen-bond donors (Lipinski definition) is 1. The van der Waals surface area contributed by atoms with Gasteiger partial charge in [0, 0.05) is 19.0 Å². The Bertz CT molecular complexity index is 215. The monoisotopic (exact) mass is 182 g/mol. The van der Waals surface area contributed by atoms with Crippen molar-refractivity contribution in [3.8, 4) is 0 Å². The van der Waals surface area contributed by atoms with E-state index in [0.29, 0.717) is 12.0 Å². The molecular formula is C10H18N2O. The molecule has 0 radical (unpaired) electrons. The minimum atomic E-state index is 0.602. The minimum absolute atomic E-state index is 0.602. The second-order valence-corrected chi connectivity index (χ2v) is 4.66. The number of rotatable bonds is 0. The Labute approximate surface area is 79.4 Å². The van der Waals surface area contributed by atoms with E-state index >= 15 is 0 Å². The van der Waals surface area contributed by atoms with Crippen LogP contribution in [0, 0.1) is 11.8 Å². The van der Waals surface area contributed by atoms with Gasteiger partial charge in [0.2, 0.25) is 0 Å². The standard InChI is InChI=1S/C10H18N2O/c1-7-3-8-4-9(11-13)5-10(7)12(2)6-8/h7-8,10,13H,3-6H2,1-2H3/b11-9-/t7-,8+,10+/m1/s1. The molecule has 2 saturated heterocycles. The van der Waals surface area contributed by atoms with Gasteiger partial charge in [0.15, 0.2) is 0 Å². The van der Waals surface area contributed by atoms with E-state index in [1.807, 2.05) is 0 Å². The molecule has 3 heteroatoms. The van der Waals surface area contributed by atoms with Crippen LogP contribution in [0.4, 0.5) is 0 Å². The van der Waals surface area contributed by atoms with E-state index < -0.39 is 0 Å². The molecule has 1 N–H and O–H groups in total. The fourth-order valence-corrected chi connectivity index (χ4v) is 2.98. The topological polar surface area (TPSA) is 35.8 Å². The molecule has 0 aromatic carbocycles. The van der Waals surface area contributed by atoms with E-state index in [9.17, 15) is 0 Å². The highest BCUT2D eigenvalue weighted by molar-refractivity contribution is 5.85. The van der Waals surface area contributed by atoms with Gasteiger partial charge in [-0.05, 0) is 31.7 Å². The van der Waals surface area contributed by atoms with Crippen molar-refractivity contribution in [3.05, 3.63) is 0 Å². The van der Waals surface area contributed by atoms with E-state index in [2.05, 4.69) is 24.0 Å². The summed E-state index contributed by atoms with van der Waals surface area (Å²) in [6, 6.07) is 0.602. The number of hydrogen-bond acceptors (Lipinski definition) is 3. The van der Waals surface area contributed by atoms with Gasteiger partial charge >= 0.3 is 0 Å². The summed E-state index contributed by atoms with van der Waals surface area (Å²) in [4.78, 5) is 2.43. The Hall–Kier alpha value is -0.570. The van der Waals surface area contributed by atoms with E-state index in [1.54, 1.807) is 0 Å². The molecule has 1 saturated carbocycles. The molecule has 0 aromatic heterocycles. The fourth-order valence-electron chi connectivity index (χ4n) is 2.98. The first kappa shape index (κ1) is 9.00. The molecule has 3 nitrogen and oxygen atoms in total. The summed E-state index contributed by atoms with van der Waals surface area (Å²) >= 11 is 0. The Morgan fingerprint density at radius 1 is 1.46 bits per heavy atom. The zero-order valence-corrected chi connectivity index (χ0v) is 8.40. The molecule has 2 bridgehead atoms. The maximum absolute atomic E-state index is 8.82. The first-order valence-corrected chi connectivity index (χ1v) is 5.10. The summed E-state index contributed by atoms with van der Waals surface area (Å²) in [7, 11) is 2.19. The normalized spacial score (nSPS) is 43.8. The third kappa shape index (κ3) is 1.57. The summed E-state index contributed by atoms with van der Waals surface area (Å²) in [5, 5.41) is 12.2. The lowest BCUT2D eigenvalue weighted by atomic mass is 9.86. The van der Waals surface area contributed by atoms with Gasteiger partial charge in [-0.15, -0.1) is 0 Å². The summed E-state index contributed by atoms with van der Waals surface area (Å²) in [6.45, 7) is 3.49. The third-order valence-corrected chi connectivity index (χ3v) is 3.58. The molecule has 2 heterocycles. The van der Waals surface area contributed by atoms with Gasteiger partial charge in [-0.3, -0.25) is 0 Å². The number of nitrogens with zero attached hydrogens (tertiary/aromatic N) is 2. The minimum Gasteiger partial charge on any atom is -0.411 e. The molecule has 13 heavy (non-hydrogen) atoms. The number of oxime groups is 1. The van der Waals surface area contributed by atoms with Crippen molar-refractivity contribution in [1.82, 2.24) is 4.90 Å². The number of fused-ring (bicyclic) bond motifs is 4. The van der Waals surface area contributed by atoms with Crippen LogP contribution in [0.3, 0.4) is 0 Å². The smallest absolute Gasteiger partial charge is 0.0589 e. The van der Waals surface area contributed by atoms with Gasteiger partial charge in [-0.1, -0.05) is 12.1 Å². The quantitative estimate of drug-likeness (QED) is 0.456. The maximum atomic E-state index is 8.82. The van der Waals surface area contributed by atoms with Crippen molar-refractivity contribution < 1.29 is 5.21 Å². The van der Waals surface area contributed by atoms with Crippen molar-refractivity contribution in [2.24, 2.45) is 17.0 Å². The largest absolute Gasteiger partial charge is 0.411 e. The van der Waals surface area contributed by atoms with Crippen LogP contribution in [0.15, 0.2) is 5.16 Å². The lowest BCUT2D eigenvalue weighted by Crippen LogP contribution is -2.43. The second-order valence-electron chi connectivity index (χ2n) is 4.66. The molecule has 0 unspecified atom stereocenters. The summed E-state index contributed by atoms with van der Waals surface area (Å²) in [5.41, 5.74) is 1.00. The van der Waals surface area contributed by atoms with Crippen LogP contribution in [0.25, 0.3) is 0 Å². The predicted molar refractivity (Wildman–Crippen MR) is 52.1 cm³/mol. The average molecular weight is 182 g/mol. The van der Waals surface area contributed by atoms with Crippen LogP contribution >= 0.6 is 0 Å². The van der Waals surface area contributed by atoms with Crippen molar-refractivity contribution in [3.63, 3.8) is 0 Å². The molecule has 74 valence electrons. The molecule has 3 rings (SSSR count). The van der Waals surface area contributed by atoms with Crippen LogP contribution in [0.1, 0.15) is 26.2 Å². The van der Waals surface area contributed by atoms with Gasteiger partial charge < -0.3 is 10.1 Å². The third-order valence-electron chi connectivity index (χ3n) is 3.58. The van der Waals surface area contributed by atoms with Gasteiger partial charge in [-0.2, -0.15) is 0 Å². The van der Waals surface area contributed by atoms with Crippen molar-refractivity contribution in [2.45, 2.75) is 32.2 Å². The molecule has 3 fully saturated rings. The molecule has 1 aliphatic carbocycles. The molecule has 0 amide bonds. The van der Waals surface area contributed by atoms with Crippen molar-refractivity contribution >= 4 is 5.71 Å². The van der Waals surface area contributed by atoms with Crippen LogP contribution in [-0.4, -0.2) is 35.5 Å². The average Bonchev–Trinajstić information content (AvgIpc) is 2.32. The van der Waals surface area contributed by atoms with Crippen molar-refractivity contribution in [1.29, 1.82) is 0 Å². The molecule has 3 atom stereocenters. The van der Waals surface area contributed by atoms with Crippen LogP contribution in [-0.2, 0) is 0 Å². The first-order chi connectivity index (χ1) is 6.20. The predicted octanol–water partition coefficient (Wildman–Crippen LogP) is 1.57. The zero-order chi connectivity index (χ0) is 9.42. The van der Waals surface area contributed by atoms with Crippen LogP contribution in [0.5, 0.6) is 0 Å². The molecule has 0 spiro atoms. The van der Waals surface area contributed by atoms with Crippen LogP contribution < -0.4 is 0 Å². The SMILES string of the molecule is C[C@@H]1C[C@H]2C/C(=N/O)C[C@@H]1N(C)C2. The second kappa shape index (κ2) is 3.29. The highest BCUT2D eigenvalue weighted by atomic mass is 16.4. The van der Waals surface area contributed by atoms with Gasteiger partial charge in [-0.25, -0.2) is 0 Å². The van der Waals surface area contributed by atoms with Crippen molar-refractivity contribution in [2.75, 3.05) is 13.6 Å². The van der Waals surface area contributed by atoms with Gasteiger partial charge in [0.05, 0.1) is 5.71 Å². The molecule has 0 aromatic rings. The van der Waals surface area contributed by atoms with E-state index in [4.69, 9.17) is 5.21 Å². The lowest BCUT2D eigenvalue weighted by molar-refractivity contribution is 0.106. The number of piperidine rings is 1. The highest BCUT2D eigenvalue weighted by Crippen LogP contribution is 2.34. The summed E-state index contributed by atoms with van der Waals surface area (Å²) in [5.74, 6) is 1.47. The molecular weight excluding hydrogens is 164 g/mol. The maximum Gasteiger partial charge on any atom is 0.0589 e. The summed E-state index contributed by atoms with van der Waals surface area (Å²) < 4.78 is 0. The molecule has 2 aliphatic heterocycles. The zero-order valence-electron chi connectivity index (χ0n) is 8.40. The fraction of sp³-hybridized carbons (Fsp3) is 0.900. The van der Waals surface area contributed by atoms with Gasteiger partial charge in [0.25, 0.3) is 0 Å². The Morgan fingerprint density at radius 3 is 2.85 bits per heavy atom.